The molecule has 0 aliphatic carbocycles. The van der Waals surface area contributed by atoms with Crippen molar-refractivity contribution in [3.05, 3.63) is 60.2 Å². The quantitative estimate of drug-likeness (QED) is 0.697. The van der Waals surface area contributed by atoms with Crippen molar-refractivity contribution in [2.75, 3.05) is 20.3 Å². The van der Waals surface area contributed by atoms with Gasteiger partial charge in [0.15, 0.2) is 0 Å². The maximum Gasteiger partial charge on any atom is 0.318 e. The number of nitrogens with one attached hydrogen (secondary N) is 1. The van der Waals surface area contributed by atoms with E-state index < -0.39 is 0 Å². The average Bonchev–Trinajstić information content (AvgIpc) is 3.03. The Morgan fingerprint density at radius 3 is 2.74 bits per heavy atom. The highest BCUT2D eigenvalue weighted by Crippen LogP contribution is 2.19. The molecule has 0 aliphatic heterocycles. The van der Waals surface area contributed by atoms with Crippen LogP contribution in [0.4, 0.5) is 4.79 Å². The Morgan fingerprint density at radius 2 is 2.04 bits per heavy atom. The van der Waals surface area contributed by atoms with Gasteiger partial charge in [0.1, 0.15) is 5.82 Å². The summed E-state index contributed by atoms with van der Waals surface area (Å²) in [4.78, 5) is 23.5. The average molecular weight is 367 g/mol. The topological polar surface area (TPSA) is 72.3 Å². The lowest BCUT2D eigenvalue weighted by molar-refractivity contribution is 0.144. The molecule has 0 saturated carbocycles. The van der Waals surface area contributed by atoms with Gasteiger partial charge < -0.3 is 19.5 Å². The molecule has 1 aromatic carbocycles. The normalized spacial score (nSPS) is 12.1. The van der Waals surface area contributed by atoms with Crippen molar-refractivity contribution in [3.63, 3.8) is 0 Å². The molecule has 3 aromatic rings. The van der Waals surface area contributed by atoms with Crippen LogP contribution < -0.4 is 5.32 Å². The van der Waals surface area contributed by atoms with Crippen LogP contribution in [0.1, 0.15) is 24.5 Å². The maximum atomic E-state index is 12.9. The molecule has 0 bridgehead atoms. The van der Waals surface area contributed by atoms with Crippen molar-refractivity contribution in [3.8, 4) is 0 Å². The number of aromatic nitrogens is 3. The zero-order valence-corrected chi connectivity index (χ0v) is 15.9. The molecule has 0 spiro atoms. The van der Waals surface area contributed by atoms with Crippen molar-refractivity contribution in [2.45, 2.75) is 19.5 Å². The number of amides is 2. The van der Waals surface area contributed by atoms with Gasteiger partial charge in [-0.1, -0.05) is 18.2 Å². The number of hydrogen-bond donors (Lipinski definition) is 1. The minimum absolute atomic E-state index is 0.169. The molecule has 2 amide bonds. The van der Waals surface area contributed by atoms with Gasteiger partial charge in [-0.05, 0) is 31.2 Å². The third-order valence-electron chi connectivity index (χ3n) is 4.48. The van der Waals surface area contributed by atoms with E-state index in [4.69, 9.17) is 4.74 Å². The summed E-state index contributed by atoms with van der Waals surface area (Å²) >= 11 is 0. The largest absolute Gasteiger partial charge is 0.383 e. The van der Waals surface area contributed by atoms with Crippen molar-refractivity contribution in [1.82, 2.24) is 24.8 Å². The highest BCUT2D eigenvalue weighted by molar-refractivity contribution is 5.77. The number of carbonyl (C=O) groups is 1. The smallest absolute Gasteiger partial charge is 0.318 e. The van der Waals surface area contributed by atoms with Crippen LogP contribution in [-0.4, -0.2) is 45.7 Å². The predicted octanol–water partition coefficient (Wildman–Crippen LogP) is 2.89. The zero-order chi connectivity index (χ0) is 19.2. The van der Waals surface area contributed by atoms with Gasteiger partial charge in [0, 0.05) is 26.9 Å². The van der Waals surface area contributed by atoms with Gasteiger partial charge in [0.2, 0.25) is 0 Å². The van der Waals surface area contributed by atoms with E-state index in [2.05, 4.69) is 15.3 Å². The number of aryl methyl sites for hydroxylation is 1. The molecule has 0 saturated heterocycles. The highest BCUT2D eigenvalue weighted by atomic mass is 16.5. The second-order valence-corrected chi connectivity index (χ2v) is 6.42. The van der Waals surface area contributed by atoms with E-state index in [0.717, 1.165) is 22.6 Å². The van der Waals surface area contributed by atoms with Crippen molar-refractivity contribution < 1.29 is 9.53 Å². The molecule has 7 nitrogen and oxygen atoms in total. The molecule has 7 heteroatoms. The van der Waals surface area contributed by atoms with Gasteiger partial charge in [-0.25, -0.2) is 9.78 Å². The molecular weight excluding hydrogens is 342 g/mol. The summed E-state index contributed by atoms with van der Waals surface area (Å²) < 4.78 is 7.16. The van der Waals surface area contributed by atoms with Crippen LogP contribution in [0.3, 0.4) is 0 Å². The van der Waals surface area contributed by atoms with Gasteiger partial charge in [-0.3, -0.25) is 4.98 Å². The molecule has 3 rings (SSSR count). The Kier molecular flexibility index (Phi) is 6.03. The molecule has 27 heavy (non-hydrogen) atoms. The van der Waals surface area contributed by atoms with Gasteiger partial charge in [0.05, 0.1) is 35.9 Å². The Hall–Kier alpha value is -2.93. The lowest BCUT2D eigenvalue weighted by Crippen LogP contribution is -2.42. The summed E-state index contributed by atoms with van der Waals surface area (Å²) in [7, 11) is 3.59. The van der Waals surface area contributed by atoms with E-state index in [1.54, 1.807) is 18.2 Å². The van der Waals surface area contributed by atoms with Crippen LogP contribution in [0.25, 0.3) is 11.0 Å². The molecule has 142 valence electrons. The van der Waals surface area contributed by atoms with Crippen LogP contribution in [0, 0.1) is 0 Å². The van der Waals surface area contributed by atoms with Gasteiger partial charge in [0.25, 0.3) is 0 Å². The standard InChI is InChI=1S/C20H25N5O2/c1-15(19-23-17-9-4-5-10-18(17)24(19)2)22-20(26)25(12-13-27-3)14-16-8-6-7-11-21-16/h4-11,15H,12-14H2,1-3H3,(H,22,26). The summed E-state index contributed by atoms with van der Waals surface area (Å²) in [5.74, 6) is 0.814. The second kappa shape index (κ2) is 8.64. The fraction of sp³-hybridized carbons (Fsp3) is 0.350. The number of fused-ring (bicyclic) bond motifs is 1. The third kappa shape index (κ3) is 4.43. The number of nitrogens with zero attached hydrogens (tertiary/aromatic N) is 4. The number of benzene rings is 1. The van der Waals surface area contributed by atoms with E-state index in [0.29, 0.717) is 19.7 Å². The number of hydrogen-bond acceptors (Lipinski definition) is 4. The molecule has 2 heterocycles. The minimum atomic E-state index is -0.233. The molecular formula is C20H25N5O2. The number of ether oxygens (including phenoxy) is 1. The molecule has 2 aromatic heterocycles. The number of carbonyl (C=O) groups excluding carboxylic acids is 1. The van der Waals surface area contributed by atoms with Crippen LogP contribution in [0.15, 0.2) is 48.7 Å². The van der Waals surface area contributed by atoms with Gasteiger partial charge in [-0.2, -0.15) is 0 Å². The first-order valence-electron chi connectivity index (χ1n) is 8.95. The monoisotopic (exact) mass is 367 g/mol. The fourth-order valence-electron chi connectivity index (χ4n) is 3.03. The number of imidazole rings is 1. The van der Waals surface area contributed by atoms with Crippen molar-refractivity contribution in [1.29, 1.82) is 0 Å². The Bertz CT molecular complexity index is 894. The summed E-state index contributed by atoms with van der Waals surface area (Å²) in [5, 5.41) is 3.05. The van der Waals surface area contributed by atoms with E-state index in [1.165, 1.54) is 0 Å². The van der Waals surface area contributed by atoms with E-state index >= 15 is 0 Å². The third-order valence-corrected chi connectivity index (χ3v) is 4.48. The highest BCUT2D eigenvalue weighted by Gasteiger charge is 2.20. The first-order valence-corrected chi connectivity index (χ1v) is 8.95. The van der Waals surface area contributed by atoms with E-state index in [9.17, 15) is 4.79 Å². The summed E-state index contributed by atoms with van der Waals surface area (Å²) in [6.45, 7) is 3.30. The lowest BCUT2D eigenvalue weighted by Gasteiger charge is -2.24. The van der Waals surface area contributed by atoms with Crippen molar-refractivity contribution >= 4 is 17.1 Å². The number of para-hydroxylation sites is 2. The Balaban J connectivity index is 1.74. The number of methoxy groups -OCH3 is 1. The van der Waals surface area contributed by atoms with Crippen LogP contribution in [-0.2, 0) is 18.3 Å². The predicted molar refractivity (Wildman–Crippen MR) is 104 cm³/mol. The SMILES string of the molecule is COCCN(Cc1ccccn1)C(=O)NC(C)c1nc2ccccc2n1C. The summed E-state index contributed by atoms with van der Waals surface area (Å²) in [5.41, 5.74) is 2.79. The van der Waals surface area contributed by atoms with Crippen LogP contribution in [0.2, 0.25) is 0 Å². The zero-order valence-electron chi connectivity index (χ0n) is 15.9. The molecule has 0 radical (unpaired) electrons. The Morgan fingerprint density at radius 1 is 1.26 bits per heavy atom. The van der Waals surface area contributed by atoms with Gasteiger partial charge in [-0.15, -0.1) is 0 Å². The molecule has 1 unspecified atom stereocenters. The van der Waals surface area contributed by atoms with E-state index in [1.807, 2.05) is 61.0 Å². The van der Waals surface area contributed by atoms with Crippen LogP contribution >= 0.6 is 0 Å². The molecule has 0 aliphatic rings. The molecule has 1 atom stereocenters. The lowest BCUT2D eigenvalue weighted by atomic mass is 10.3. The minimum Gasteiger partial charge on any atom is -0.383 e. The number of urea groups is 1. The summed E-state index contributed by atoms with van der Waals surface area (Å²) in [6, 6.07) is 13.2. The second-order valence-electron chi connectivity index (χ2n) is 6.42. The summed E-state index contributed by atoms with van der Waals surface area (Å²) in [6.07, 6.45) is 1.73. The maximum absolute atomic E-state index is 12.9. The van der Waals surface area contributed by atoms with Gasteiger partial charge >= 0.3 is 6.03 Å². The fourth-order valence-corrected chi connectivity index (χ4v) is 3.03. The molecule has 1 N–H and O–H groups in total. The molecule has 0 fully saturated rings. The van der Waals surface area contributed by atoms with E-state index in [-0.39, 0.29) is 12.1 Å². The first-order chi connectivity index (χ1) is 13.1. The van der Waals surface area contributed by atoms with Crippen molar-refractivity contribution in [2.24, 2.45) is 7.05 Å². The number of pyridine rings is 1. The first kappa shape index (κ1) is 18.8. The Labute approximate surface area is 159 Å². The van der Waals surface area contributed by atoms with Crippen LogP contribution in [0.5, 0.6) is 0 Å². The number of rotatable bonds is 7.